The second kappa shape index (κ2) is 13.2. The van der Waals surface area contributed by atoms with Gasteiger partial charge in [-0.25, -0.2) is 0 Å². The summed E-state index contributed by atoms with van der Waals surface area (Å²) in [6.45, 7) is 0. The van der Waals surface area contributed by atoms with Gasteiger partial charge in [0.1, 0.15) is 0 Å². The third kappa shape index (κ3) is 5.29. The van der Waals surface area contributed by atoms with Gasteiger partial charge in [-0.3, -0.25) is 0 Å². The van der Waals surface area contributed by atoms with Gasteiger partial charge in [-0.05, 0) is 129 Å². The highest BCUT2D eigenvalue weighted by Crippen LogP contribution is 2.44. The maximum absolute atomic E-state index is 3.26. The molecule has 2 heteroatoms. The molecule has 0 radical (unpaired) electrons. The second-order valence-corrected chi connectivity index (χ2v) is 14.7. The molecule has 1 aromatic heterocycles. The normalized spacial score (nSPS) is 13.6. The zero-order valence-electron chi connectivity index (χ0n) is 30.8. The van der Waals surface area contributed by atoms with E-state index in [0.29, 0.717) is 0 Å². The van der Waals surface area contributed by atoms with Crippen molar-refractivity contribution in [2.24, 2.45) is 0 Å². The molecule has 2 nitrogen and oxygen atoms in total. The monoisotopic (exact) mass is 712 g/mol. The minimum atomic E-state index is 1.04. The first kappa shape index (κ1) is 32.1. The minimum Gasteiger partial charge on any atom is -0.311 e. The lowest BCUT2D eigenvalue weighted by atomic mass is 9.96. The summed E-state index contributed by atoms with van der Waals surface area (Å²) in [6.07, 6.45) is 14.8. The number of hydrogen-bond acceptors (Lipinski definition) is 1. The number of aromatic nitrogens is 1. The lowest BCUT2D eigenvalue weighted by molar-refractivity contribution is 1.05. The van der Waals surface area contributed by atoms with E-state index >= 15 is 0 Å². The third-order valence-corrected chi connectivity index (χ3v) is 11.5. The quantitative estimate of drug-likeness (QED) is 0.123. The lowest BCUT2D eigenvalue weighted by Gasteiger charge is -2.26. The second-order valence-electron chi connectivity index (χ2n) is 14.7. The van der Waals surface area contributed by atoms with Crippen LogP contribution in [0.3, 0.4) is 0 Å². The zero-order chi connectivity index (χ0) is 37.0. The SMILES string of the molecule is C1=C=C(c2ccc(N(c3ccc(C4=CC=CCC4)cc3)c3ccc(-n4c5cc6ccccc6cc5c5c6ccccc6c6ccccc6c54)cc3)cc2)C=CC=1. The average Bonchev–Trinajstić information content (AvgIpc) is 3.61. The van der Waals surface area contributed by atoms with Gasteiger partial charge in [0.25, 0.3) is 0 Å². The van der Waals surface area contributed by atoms with E-state index in [9.17, 15) is 0 Å². The summed E-state index contributed by atoms with van der Waals surface area (Å²) in [7, 11) is 0. The maximum atomic E-state index is 3.26. The number of rotatable bonds is 6. The van der Waals surface area contributed by atoms with Gasteiger partial charge in [-0.1, -0.05) is 133 Å². The highest BCUT2D eigenvalue weighted by molar-refractivity contribution is 6.33. The maximum Gasteiger partial charge on any atom is 0.0625 e. The van der Waals surface area contributed by atoms with Crippen LogP contribution in [0.4, 0.5) is 17.1 Å². The number of benzene rings is 8. The van der Waals surface area contributed by atoms with Crippen LogP contribution in [0, 0.1) is 0 Å². The van der Waals surface area contributed by atoms with Gasteiger partial charge < -0.3 is 9.47 Å². The molecule has 0 spiro atoms. The lowest BCUT2D eigenvalue weighted by Crippen LogP contribution is -2.10. The summed E-state index contributed by atoms with van der Waals surface area (Å²) >= 11 is 0. The van der Waals surface area contributed by atoms with Crippen LogP contribution in [0.15, 0.2) is 206 Å². The Kier molecular flexibility index (Phi) is 7.57. The Labute approximate surface area is 325 Å². The molecule has 0 atom stereocenters. The van der Waals surface area contributed by atoms with Crippen LogP contribution in [0.2, 0.25) is 0 Å². The molecule has 2 aliphatic rings. The molecule has 0 saturated carbocycles. The van der Waals surface area contributed by atoms with Gasteiger partial charge in [0.05, 0.1) is 11.0 Å². The van der Waals surface area contributed by atoms with Crippen LogP contribution in [0.5, 0.6) is 0 Å². The standard InChI is InChI=1S/C54H36N2/c1-3-13-37(14-4-1)39-23-27-43(28-24-39)55(44-29-25-40(26-30-44)38-15-5-2-6-16-38)45-31-33-46(34-32-45)56-52-36-42-18-8-7-17-41(42)35-51(52)53-49-21-11-9-19-47(49)48-20-10-12-22-50(48)54(53)56/h1-3,5,7-13,15,17-36H,4,14H2. The molecule has 0 N–H and O–H groups in total. The molecule has 0 unspecified atom stereocenters. The summed E-state index contributed by atoms with van der Waals surface area (Å²) < 4.78 is 2.49. The smallest absolute Gasteiger partial charge is 0.0625 e. The highest BCUT2D eigenvalue weighted by Gasteiger charge is 2.21. The molecule has 0 aliphatic heterocycles. The van der Waals surface area contributed by atoms with Crippen LogP contribution in [0.1, 0.15) is 24.0 Å². The van der Waals surface area contributed by atoms with Crippen LogP contribution in [0.25, 0.3) is 71.0 Å². The summed E-state index contributed by atoms with van der Waals surface area (Å²) in [6, 6.07) is 58.2. The number of fused-ring (bicyclic) bond motifs is 9. The van der Waals surface area contributed by atoms with E-state index in [1.807, 2.05) is 12.2 Å². The van der Waals surface area contributed by atoms with Crippen molar-refractivity contribution in [1.82, 2.24) is 4.57 Å². The number of anilines is 3. The Balaban J connectivity index is 1.10. The van der Waals surface area contributed by atoms with Crippen molar-refractivity contribution in [3.63, 3.8) is 0 Å². The molecule has 9 aromatic rings. The summed E-state index contributed by atoms with van der Waals surface area (Å²) in [5, 5.41) is 10.1. The van der Waals surface area contributed by atoms with E-state index in [1.54, 1.807) is 0 Å². The van der Waals surface area contributed by atoms with Gasteiger partial charge in [-0.15, -0.1) is 0 Å². The minimum absolute atomic E-state index is 1.04. The van der Waals surface area contributed by atoms with E-state index in [2.05, 4.69) is 203 Å². The summed E-state index contributed by atoms with van der Waals surface area (Å²) in [5.74, 6) is 0. The van der Waals surface area contributed by atoms with E-state index < -0.39 is 0 Å². The van der Waals surface area contributed by atoms with E-state index in [4.69, 9.17) is 0 Å². The molecule has 1 heterocycles. The molecule has 0 saturated heterocycles. The van der Waals surface area contributed by atoms with Gasteiger partial charge >= 0.3 is 0 Å². The molecule has 0 fully saturated rings. The molecule has 262 valence electrons. The van der Waals surface area contributed by atoms with Crippen LogP contribution in [-0.4, -0.2) is 4.57 Å². The van der Waals surface area contributed by atoms with E-state index in [0.717, 1.165) is 46.7 Å². The molecule has 2 aliphatic carbocycles. The Hall–Kier alpha value is -7.34. The van der Waals surface area contributed by atoms with E-state index in [-0.39, 0.29) is 0 Å². The van der Waals surface area contributed by atoms with Crippen molar-refractivity contribution in [2.75, 3.05) is 4.90 Å². The van der Waals surface area contributed by atoms with Crippen LogP contribution >= 0.6 is 0 Å². The molecule has 56 heavy (non-hydrogen) atoms. The predicted molar refractivity (Wildman–Crippen MR) is 238 cm³/mol. The topological polar surface area (TPSA) is 8.17 Å². The fourth-order valence-electron chi connectivity index (χ4n) is 8.81. The summed E-state index contributed by atoms with van der Waals surface area (Å²) in [5.41, 5.74) is 18.0. The molecule has 11 rings (SSSR count). The Morgan fingerprint density at radius 3 is 1.80 bits per heavy atom. The van der Waals surface area contributed by atoms with Crippen molar-refractivity contribution < 1.29 is 0 Å². The first-order valence-corrected chi connectivity index (χ1v) is 19.4. The van der Waals surface area contributed by atoms with Crippen LogP contribution < -0.4 is 4.90 Å². The average molecular weight is 713 g/mol. The first-order chi connectivity index (χ1) is 27.8. The number of nitrogens with zero attached hydrogens (tertiary/aromatic N) is 2. The number of allylic oxidation sites excluding steroid dienone is 8. The van der Waals surface area contributed by atoms with Crippen molar-refractivity contribution in [3.05, 3.63) is 217 Å². The van der Waals surface area contributed by atoms with Crippen molar-refractivity contribution in [1.29, 1.82) is 0 Å². The van der Waals surface area contributed by atoms with Gasteiger partial charge in [0, 0.05) is 44.5 Å². The molecule has 8 aromatic carbocycles. The Bertz CT molecular complexity index is 3230. The predicted octanol–water partition coefficient (Wildman–Crippen LogP) is 14.7. The first-order valence-electron chi connectivity index (χ1n) is 19.4. The van der Waals surface area contributed by atoms with Gasteiger partial charge in [-0.2, -0.15) is 0 Å². The molecular weight excluding hydrogens is 677 g/mol. The largest absolute Gasteiger partial charge is 0.311 e. The van der Waals surface area contributed by atoms with Gasteiger partial charge in [0.15, 0.2) is 0 Å². The fourth-order valence-corrected chi connectivity index (χ4v) is 8.81. The Morgan fingerprint density at radius 1 is 0.536 bits per heavy atom. The molecule has 0 amide bonds. The fraction of sp³-hybridized carbons (Fsp3) is 0.0370. The van der Waals surface area contributed by atoms with E-state index in [1.165, 1.54) is 65.3 Å². The van der Waals surface area contributed by atoms with Crippen molar-refractivity contribution in [2.45, 2.75) is 12.8 Å². The van der Waals surface area contributed by atoms with Gasteiger partial charge in [0.2, 0.25) is 0 Å². The third-order valence-electron chi connectivity index (χ3n) is 11.5. The highest BCUT2D eigenvalue weighted by atomic mass is 15.1. The zero-order valence-corrected chi connectivity index (χ0v) is 30.8. The molecule has 0 bridgehead atoms. The van der Waals surface area contributed by atoms with Crippen LogP contribution in [-0.2, 0) is 0 Å². The van der Waals surface area contributed by atoms with Crippen molar-refractivity contribution >= 4 is 82.3 Å². The molecular formula is C54H36N2. The summed E-state index contributed by atoms with van der Waals surface area (Å²) in [4.78, 5) is 2.36. The Morgan fingerprint density at radius 2 is 1.14 bits per heavy atom. The van der Waals surface area contributed by atoms with Crippen molar-refractivity contribution in [3.8, 4) is 5.69 Å². The number of hydrogen-bond donors (Lipinski definition) is 0.